The van der Waals surface area contributed by atoms with E-state index in [2.05, 4.69) is 0 Å². The molecule has 0 aromatic heterocycles. The van der Waals surface area contributed by atoms with Gasteiger partial charge in [-0.2, -0.15) is 0 Å². The van der Waals surface area contributed by atoms with Gasteiger partial charge in [0.05, 0.1) is 18.3 Å². The van der Waals surface area contributed by atoms with E-state index in [0.29, 0.717) is 11.5 Å². The molecular weight excluding hydrogens is 260 g/mol. The molecule has 0 atom stereocenters. The van der Waals surface area contributed by atoms with Gasteiger partial charge in [0, 0.05) is 0 Å². The molecular formula is C15H20O5. The van der Waals surface area contributed by atoms with Crippen LogP contribution in [0.4, 0.5) is 0 Å². The summed E-state index contributed by atoms with van der Waals surface area (Å²) < 4.78 is 10.8. The fourth-order valence-corrected chi connectivity index (χ4v) is 2.49. The Morgan fingerprint density at radius 3 is 2.55 bits per heavy atom. The normalized spacial score (nSPS) is 17.5. The zero-order valence-electron chi connectivity index (χ0n) is 11.6. The maximum Gasteiger partial charge on any atom is 0.335 e. The average molecular weight is 280 g/mol. The Balaban J connectivity index is 2.07. The number of aliphatic hydroxyl groups is 1. The van der Waals surface area contributed by atoms with Crippen LogP contribution >= 0.6 is 0 Å². The van der Waals surface area contributed by atoms with E-state index in [1.807, 2.05) is 0 Å². The lowest BCUT2D eigenvalue weighted by Gasteiger charge is -2.31. The Kier molecular flexibility index (Phi) is 4.49. The third-order valence-electron chi connectivity index (χ3n) is 3.69. The second-order valence-electron chi connectivity index (χ2n) is 5.24. The van der Waals surface area contributed by atoms with Crippen molar-refractivity contribution in [3.63, 3.8) is 0 Å². The average Bonchev–Trinajstić information content (AvgIpc) is 2.45. The lowest BCUT2D eigenvalue weighted by Crippen LogP contribution is -2.37. The van der Waals surface area contributed by atoms with Crippen molar-refractivity contribution in [3.8, 4) is 11.5 Å². The first-order valence-electron chi connectivity index (χ1n) is 6.81. The summed E-state index contributed by atoms with van der Waals surface area (Å²) in [5.41, 5.74) is -0.639. The third-order valence-corrected chi connectivity index (χ3v) is 3.69. The van der Waals surface area contributed by atoms with E-state index < -0.39 is 11.6 Å². The number of benzene rings is 1. The van der Waals surface area contributed by atoms with E-state index in [0.717, 1.165) is 32.1 Å². The van der Waals surface area contributed by atoms with Crippen molar-refractivity contribution in [2.45, 2.75) is 37.7 Å². The van der Waals surface area contributed by atoms with Crippen molar-refractivity contribution in [1.29, 1.82) is 0 Å². The van der Waals surface area contributed by atoms with E-state index in [9.17, 15) is 9.90 Å². The number of methoxy groups -OCH3 is 1. The third kappa shape index (κ3) is 3.42. The van der Waals surface area contributed by atoms with E-state index in [-0.39, 0.29) is 12.2 Å². The molecule has 1 fully saturated rings. The summed E-state index contributed by atoms with van der Waals surface area (Å²) in [6.45, 7) is 0.204. The minimum Gasteiger partial charge on any atom is -0.493 e. The van der Waals surface area contributed by atoms with Crippen LogP contribution in [-0.2, 0) is 0 Å². The highest BCUT2D eigenvalue weighted by molar-refractivity contribution is 5.88. The quantitative estimate of drug-likeness (QED) is 0.866. The van der Waals surface area contributed by atoms with Crippen LogP contribution in [0.1, 0.15) is 42.5 Å². The number of hydrogen-bond donors (Lipinski definition) is 2. The van der Waals surface area contributed by atoms with Gasteiger partial charge in [-0.25, -0.2) is 4.79 Å². The Morgan fingerprint density at radius 2 is 1.95 bits per heavy atom. The second-order valence-corrected chi connectivity index (χ2v) is 5.24. The van der Waals surface area contributed by atoms with Gasteiger partial charge in [-0.3, -0.25) is 0 Å². The van der Waals surface area contributed by atoms with E-state index >= 15 is 0 Å². The molecule has 0 radical (unpaired) electrons. The standard InChI is InChI=1S/C15H20O5/c1-19-13-9-11(14(16)17)5-6-12(13)20-10-15(18)7-3-2-4-8-15/h5-6,9,18H,2-4,7-8,10H2,1H3,(H,16,17). The molecule has 5 heteroatoms. The largest absolute Gasteiger partial charge is 0.493 e. The van der Waals surface area contributed by atoms with Gasteiger partial charge in [-0.15, -0.1) is 0 Å². The van der Waals surface area contributed by atoms with Crippen LogP contribution in [-0.4, -0.2) is 35.5 Å². The SMILES string of the molecule is COc1cc(C(=O)O)ccc1OCC1(O)CCCCC1. The summed E-state index contributed by atoms with van der Waals surface area (Å²) >= 11 is 0. The summed E-state index contributed by atoms with van der Waals surface area (Å²) in [6, 6.07) is 4.45. The Morgan fingerprint density at radius 1 is 1.25 bits per heavy atom. The van der Waals surface area contributed by atoms with Crippen molar-refractivity contribution in [1.82, 2.24) is 0 Å². The second kappa shape index (κ2) is 6.13. The molecule has 0 unspecified atom stereocenters. The van der Waals surface area contributed by atoms with Gasteiger partial charge in [0.25, 0.3) is 0 Å². The Bertz CT molecular complexity index is 477. The number of carbonyl (C=O) groups is 1. The van der Waals surface area contributed by atoms with E-state index in [1.54, 1.807) is 6.07 Å². The zero-order chi connectivity index (χ0) is 14.6. The molecule has 110 valence electrons. The van der Waals surface area contributed by atoms with Gasteiger partial charge in [-0.05, 0) is 31.0 Å². The van der Waals surface area contributed by atoms with Gasteiger partial charge in [0.2, 0.25) is 0 Å². The Hall–Kier alpha value is -1.75. The molecule has 1 aromatic rings. The number of carboxylic acid groups (broad SMARTS) is 1. The highest BCUT2D eigenvalue weighted by Crippen LogP contribution is 2.32. The fraction of sp³-hybridized carbons (Fsp3) is 0.533. The number of ether oxygens (including phenoxy) is 2. The van der Waals surface area contributed by atoms with Crippen molar-refractivity contribution in [2.75, 3.05) is 13.7 Å². The summed E-state index contributed by atoms with van der Waals surface area (Å²) in [7, 11) is 1.46. The molecule has 0 aliphatic heterocycles. The highest BCUT2D eigenvalue weighted by atomic mass is 16.5. The smallest absolute Gasteiger partial charge is 0.335 e. The summed E-state index contributed by atoms with van der Waals surface area (Å²) in [6.07, 6.45) is 4.65. The molecule has 20 heavy (non-hydrogen) atoms. The predicted octanol–water partition coefficient (Wildman–Crippen LogP) is 2.47. The van der Waals surface area contributed by atoms with Gasteiger partial charge in [0.1, 0.15) is 6.61 Å². The van der Waals surface area contributed by atoms with Gasteiger partial charge < -0.3 is 19.7 Å². The predicted molar refractivity (Wildman–Crippen MR) is 73.5 cm³/mol. The lowest BCUT2D eigenvalue weighted by atomic mass is 9.85. The molecule has 0 saturated heterocycles. The minimum absolute atomic E-state index is 0.144. The van der Waals surface area contributed by atoms with Crippen LogP contribution in [0.25, 0.3) is 0 Å². The maximum absolute atomic E-state index is 10.9. The lowest BCUT2D eigenvalue weighted by molar-refractivity contribution is -0.0343. The van der Waals surface area contributed by atoms with Crippen LogP contribution in [0.3, 0.4) is 0 Å². The monoisotopic (exact) mass is 280 g/mol. The van der Waals surface area contributed by atoms with Crippen LogP contribution in [0.5, 0.6) is 11.5 Å². The van der Waals surface area contributed by atoms with Crippen molar-refractivity contribution >= 4 is 5.97 Å². The molecule has 0 amide bonds. The minimum atomic E-state index is -1.01. The molecule has 1 saturated carbocycles. The molecule has 0 bridgehead atoms. The molecule has 1 aromatic carbocycles. The van der Waals surface area contributed by atoms with Crippen molar-refractivity contribution in [2.24, 2.45) is 0 Å². The van der Waals surface area contributed by atoms with E-state index in [1.165, 1.54) is 19.2 Å². The molecule has 1 aliphatic carbocycles. The van der Waals surface area contributed by atoms with Crippen LogP contribution in [0.2, 0.25) is 0 Å². The summed E-state index contributed by atoms with van der Waals surface area (Å²) in [4.78, 5) is 10.9. The first kappa shape index (κ1) is 14.7. The van der Waals surface area contributed by atoms with Crippen LogP contribution < -0.4 is 9.47 Å². The van der Waals surface area contributed by atoms with Crippen LogP contribution in [0, 0.1) is 0 Å². The zero-order valence-corrected chi connectivity index (χ0v) is 11.6. The highest BCUT2D eigenvalue weighted by Gasteiger charge is 2.30. The van der Waals surface area contributed by atoms with Crippen molar-refractivity contribution in [3.05, 3.63) is 23.8 Å². The van der Waals surface area contributed by atoms with Crippen LogP contribution in [0.15, 0.2) is 18.2 Å². The molecule has 0 spiro atoms. The van der Waals surface area contributed by atoms with Gasteiger partial charge in [-0.1, -0.05) is 19.3 Å². The molecule has 0 heterocycles. The number of aromatic carboxylic acids is 1. The van der Waals surface area contributed by atoms with Gasteiger partial charge in [0.15, 0.2) is 11.5 Å². The number of carboxylic acids is 1. The summed E-state index contributed by atoms with van der Waals surface area (Å²) in [5, 5.41) is 19.3. The first-order valence-corrected chi connectivity index (χ1v) is 6.81. The van der Waals surface area contributed by atoms with Crippen molar-refractivity contribution < 1.29 is 24.5 Å². The Labute approximate surface area is 118 Å². The first-order chi connectivity index (χ1) is 9.54. The molecule has 2 N–H and O–H groups in total. The fourth-order valence-electron chi connectivity index (χ4n) is 2.49. The summed E-state index contributed by atoms with van der Waals surface area (Å²) in [5.74, 6) is -0.193. The molecule has 1 aliphatic rings. The molecule has 5 nitrogen and oxygen atoms in total. The topological polar surface area (TPSA) is 76.0 Å². The maximum atomic E-state index is 10.9. The van der Waals surface area contributed by atoms with Gasteiger partial charge >= 0.3 is 5.97 Å². The number of rotatable bonds is 5. The molecule has 2 rings (SSSR count). The number of hydrogen-bond acceptors (Lipinski definition) is 4. The van der Waals surface area contributed by atoms with E-state index in [4.69, 9.17) is 14.6 Å².